The molecule has 4 heteroatoms. The zero-order valence-electron chi connectivity index (χ0n) is 22.0. The van der Waals surface area contributed by atoms with Crippen LogP contribution in [0.3, 0.4) is 0 Å². The largest absolute Gasteiger partial charge is 0.0615 e. The Morgan fingerprint density at radius 3 is 1.73 bits per heavy atom. The zero-order valence-corrected chi connectivity index (χ0v) is 24.4. The van der Waals surface area contributed by atoms with Crippen molar-refractivity contribution in [1.29, 1.82) is 0 Å². The molecular weight excluding hydrogens is 614 g/mol. The van der Waals surface area contributed by atoms with Gasteiger partial charge in [-0.1, -0.05) is 60.7 Å². The van der Waals surface area contributed by atoms with Gasteiger partial charge in [-0.15, -0.1) is 0 Å². The molecule has 3 nitrogen and oxygen atoms in total. The van der Waals surface area contributed by atoms with Crippen molar-refractivity contribution in [3.63, 3.8) is 0 Å². The normalized spacial score (nSPS) is 11.4. The van der Waals surface area contributed by atoms with Crippen molar-refractivity contribution in [3.05, 3.63) is 140 Å². The summed E-state index contributed by atoms with van der Waals surface area (Å²) in [6, 6.07) is 49.2. The Bertz CT molecular complexity index is 2140. The number of fused-ring (bicyclic) bond motifs is 4. The molecule has 0 radical (unpaired) electrons. The summed E-state index contributed by atoms with van der Waals surface area (Å²) in [7, 11) is 0. The van der Waals surface area contributed by atoms with Crippen molar-refractivity contribution < 1.29 is 0 Å². The molecule has 41 heavy (non-hydrogen) atoms. The molecule has 0 saturated carbocycles. The van der Waals surface area contributed by atoms with Crippen molar-refractivity contribution in [3.8, 4) is 45.3 Å². The Balaban J connectivity index is 1.27. The Hall–Kier alpha value is -4.62. The second kappa shape index (κ2) is 10.1. The standard InChI is InChI=1S/C37H23N3Te/c1-3-10-24(11-4-1)35-38-36(25-12-5-2-6-13-25)40-37(39-35)31-16-9-14-28-22-26(18-20-29(28)31)27-19-21-34-32(23-27)30-15-7-8-17-33(30)41-34/h1-23H. The van der Waals surface area contributed by atoms with Gasteiger partial charge in [-0.2, -0.15) is 0 Å². The average Bonchev–Trinajstić information content (AvgIpc) is 3.43. The van der Waals surface area contributed by atoms with Gasteiger partial charge in [0, 0.05) is 11.1 Å². The summed E-state index contributed by atoms with van der Waals surface area (Å²) in [4.78, 5) is 14.8. The van der Waals surface area contributed by atoms with Crippen molar-refractivity contribution in [1.82, 2.24) is 15.0 Å². The van der Waals surface area contributed by atoms with Crippen LogP contribution in [0.15, 0.2) is 140 Å². The van der Waals surface area contributed by atoms with Crippen LogP contribution in [0.1, 0.15) is 0 Å². The monoisotopic (exact) mass is 639 g/mol. The third-order valence-corrected chi connectivity index (χ3v) is 10.8. The molecule has 0 N–H and O–H groups in total. The van der Waals surface area contributed by atoms with Crippen LogP contribution in [0.25, 0.3) is 73.6 Å². The third-order valence-electron chi connectivity index (χ3n) is 7.53. The predicted octanol–water partition coefficient (Wildman–Crippen LogP) is 9.06. The molecule has 0 unspecified atom stereocenters. The fraction of sp³-hybridized carbons (Fsp3) is 0. The Labute approximate surface area is 247 Å². The first-order valence-electron chi connectivity index (χ1n) is 13.6. The Morgan fingerprint density at radius 1 is 0.366 bits per heavy atom. The maximum Gasteiger partial charge on any atom is -0.0512 e. The molecule has 0 spiro atoms. The van der Waals surface area contributed by atoms with E-state index in [1.54, 1.807) is 0 Å². The second-order valence-electron chi connectivity index (χ2n) is 10.1. The van der Waals surface area contributed by atoms with Gasteiger partial charge in [0.15, 0.2) is 0 Å². The van der Waals surface area contributed by atoms with E-state index in [-0.39, 0.29) is 20.4 Å². The van der Waals surface area contributed by atoms with E-state index in [0.29, 0.717) is 17.5 Å². The molecule has 0 saturated heterocycles. The van der Waals surface area contributed by atoms with Crippen LogP contribution in [0.4, 0.5) is 0 Å². The molecule has 8 rings (SSSR count). The minimum Gasteiger partial charge on any atom is -0.0615 e. The summed E-state index contributed by atoms with van der Waals surface area (Å²) in [5.74, 6) is 2.02. The van der Waals surface area contributed by atoms with Gasteiger partial charge >= 0.3 is 172 Å². The van der Waals surface area contributed by atoms with E-state index >= 15 is 0 Å². The van der Waals surface area contributed by atoms with E-state index in [9.17, 15) is 0 Å². The fourth-order valence-electron chi connectivity index (χ4n) is 5.49. The van der Waals surface area contributed by atoms with Crippen LogP contribution in [-0.4, -0.2) is 35.4 Å². The SMILES string of the molecule is c1ccc(-c2nc(-c3ccccc3)nc(-c3cccc4cc(-c5ccc6[te]c7ccccc7c6c5)ccc34)n2)cc1. The average molecular weight is 637 g/mol. The van der Waals surface area contributed by atoms with Gasteiger partial charge in [0.1, 0.15) is 0 Å². The quantitative estimate of drug-likeness (QED) is 0.181. The summed E-state index contributed by atoms with van der Waals surface area (Å²) in [6.07, 6.45) is 0. The van der Waals surface area contributed by atoms with Gasteiger partial charge < -0.3 is 0 Å². The number of aromatic nitrogens is 3. The van der Waals surface area contributed by atoms with Crippen LogP contribution in [0.2, 0.25) is 0 Å². The number of rotatable bonds is 4. The molecule has 0 aliphatic heterocycles. The molecule has 2 aromatic heterocycles. The summed E-state index contributed by atoms with van der Waals surface area (Å²) in [5, 5.41) is 5.10. The molecule has 0 atom stereocenters. The molecule has 8 aromatic rings. The first-order valence-corrected chi connectivity index (χ1v) is 15.9. The minimum atomic E-state index is -0.300. The van der Waals surface area contributed by atoms with Crippen molar-refractivity contribution in [2.24, 2.45) is 0 Å². The van der Waals surface area contributed by atoms with Gasteiger partial charge in [0.2, 0.25) is 0 Å². The van der Waals surface area contributed by atoms with E-state index in [1.807, 2.05) is 60.7 Å². The van der Waals surface area contributed by atoms with Crippen molar-refractivity contribution >= 4 is 48.8 Å². The molecule has 0 fully saturated rings. The molecule has 0 aliphatic carbocycles. The van der Waals surface area contributed by atoms with Gasteiger partial charge in [-0.05, 0) is 0 Å². The maximum absolute atomic E-state index is 4.97. The van der Waals surface area contributed by atoms with Gasteiger partial charge in [0.25, 0.3) is 0 Å². The second-order valence-corrected chi connectivity index (χ2v) is 13.2. The zero-order chi connectivity index (χ0) is 27.2. The Kier molecular flexibility index (Phi) is 5.95. The summed E-state index contributed by atoms with van der Waals surface area (Å²) in [6.45, 7) is 0. The topological polar surface area (TPSA) is 38.7 Å². The van der Waals surface area contributed by atoms with Crippen LogP contribution < -0.4 is 0 Å². The first kappa shape index (κ1) is 24.2. The van der Waals surface area contributed by atoms with Crippen LogP contribution in [0.5, 0.6) is 0 Å². The molecule has 6 aromatic carbocycles. The van der Waals surface area contributed by atoms with Gasteiger partial charge in [-0.3, -0.25) is 0 Å². The van der Waals surface area contributed by atoms with E-state index in [2.05, 4.69) is 78.9 Å². The summed E-state index contributed by atoms with van der Waals surface area (Å²) >= 11 is -0.300. The molecule has 0 amide bonds. The fourth-order valence-corrected chi connectivity index (χ4v) is 8.59. The molecule has 0 bridgehead atoms. The number of benzene rings is 6. The minimum absolute atomic E-state index is 0.300. The van der Waals surface area contributed by atoms with Crippen molar-refractivity contribution in [2.75, 3.05) is 0 Å². The number of nitrogens with zero attached hydrogens (tertiary/aromatic N) is 3. The summed E-state index contributed by atoms with van der Waals surface area (Å²) in [5.41, 5.74) is 5.40. The molecule has 2 heterocycles. The van der Waals surface area contributed by atoms with E-state index in [1.165, 1.54) is 28.7 Å². The van der Waals surface area contributed by atoms with Crippen LogP contribution in [-0.2, 0) is 0 Å². The molecular formula is C37H23N3Te. The van der Waals surface area contributed by atoms with Gasteiger partial charge in [-0.25, -0.2) is 4.98 Å². The smallest absolute Gasteiger partial charge is 0.0512 e. The summed E-state index contributed by atoms with van der Waals surface area (Å²) < 4.78 is 3.07. The van der Waals surface area contributed by atoms with Gasteiger partial charge in [0.05, 0.1) is 0 Å². The molecule has 0 aliphatic rings. The number of hydrogen-bond donors (Lipinski definition) is 0. The number of hydrogen-bond acceptors (Lipinski definition) is 3. The maximum atomic E-state index is 4.97. The third kappa shape index (κ3) is 4.43. The van der Waals surface area contributed by atoms with Crippen LogP contribution >= 0.6 is 0 Å². The Morgan fingerprint density at radius 2 is 0.976 bits per heavy atom. The van der Waals surface area contributed by atoms with E-state index in [4.69, 9.17) is 15.0 Å². The first-order chi connectivity index (χ1) is 20.3. The molecule has 192 valence electrons. The van der Waals surface area contributed by atoms with E-state index < -0.39 is 0 Å². The van der Waals surface area contributed by atoms with E-state index in [0.717, 1.165) is 27.5 Å². The van der Waals surface area contributed by atoms with Crippen LogP contribution in [0, 0.1) is 0 Å². The van der Waals surface area contributed by atoms with Crippen molar-refractivity contribution in [2.45, 2.75) is 0 Å². The predicted molar refractivity (Wildman–Crippen MR) is 171 cm³/mol.